The van der Waals surface area contributed by atoms with Gasteiger partial charge < -0.3 is 0 Å². The van der Waals surface area contributed by atoms with E-state index in [1.165, 1.54) is 21.9 Å². The van der Waals surface area contributed by atoms with Crippen molar-refractivity contribution in [2.75, 3.05) is 0 Å². The largest absolute Gasteiger partial charge is 0.0683 e. The van der Waals surface area contributed by atoms with Gasteiger partial charge in [-0.05, 0) is 34.2 Å². The van der Waals surface area contributed by atoms with Gasteiger partial charge in [-0.3, -0.25) is 0 Å². The molecule has 0 amide bonds. The van der Waals surface area contributed by atoms with Crippen LogP contribution in [0.15, 0.2) is 36.4 Å². The Kier molecular flexibility index (Phi) is 7.44. The molecule has 2 rings (SSSR count). The highest BCUT2D eigenvalue weighted by Gasteiger charge is 2.16. The summed E-state index contributed by atoms with van der Waals surface area (Å²) in [5.74, 6) is 0. The second-order valence-corrected chi connectivity index (χ2v) is 5.21. The third kappa shape index (κ3) is 4.38. The fourth-order valence-corrected chi connectivity index (χ4v) is 2.24. The van der Waals surface area contributed by atoms with Crippen LogP contribution in [-0.4, -0.2) is 0 Å². The number of rotatable bonds is 0. The van der Waals surface area contributed by atoms with Crippen LogP contribution in [0.1, 0.15) is 59.6 Å². The van der Waals surface area contributed by atoms with E-state index >= 15 is 0 Å². The third-order valence-corrected chi connectivity index (χ3v) is 3.01. The second kappa shape index (κ2) is 7.99. The summed E-state index contributed by atoms with van der Waals surface area (Å²) in [6.07, 6.45) is 0. The number of hydrogen-bond donors (Lipinski definition) is 0. The Labute approximate surface area is 119 Å². The Morgan fingerprint density at radius 2 is 1.26 bits per heavy atom. The summed E-state index contributed by atoms with van der Waals surface area (Å²) >= 11 is 0. The minimum Gasteiger partial charge on any atom is -0.0683 e. The van der Waals surface area contributed by atoms with Crippen LogP contribution in [0.4, 0.5) is 0 Å². The Morgan fingerprint density at radius 1 is 0.737 bits per heavy atom. The molecule has 0 aliphatic heterocycles. The molecule has 2 aromatic carbocycles. The Morgan fingerprint density at radius 3 is 1.79 bits per heavy atom. The summed E-state index contributed by atoms with van der Waals surface area (Å²) in [5.41, 5.74) is 3.09. The molecule has 2 aromatic rings. The molecule has 0 nitrogen and oxygen atoms in total. The zero-order valence-electron chi connectivity index (χ0n) is 14.0. The van der Waals surface area contributed by atoms with E-state index in [2.05, 4.69) is 64.1 Å². The first kappa shape index (κ1) is 17.7. The van der Waals surface area contributed by atoms with Gasteiger partial charge in [-0.2, -0.15) is 0 Å². The smallest absolute Gasteiger partial charge is 0.0129 e. The van der Waals surface area contributed by atoms with Gasteiger partial charge in [-0.15, -0.1) is 0 Å². The number of benzene rings is 2. The van der Waals surface area contributed by atoms with Crippen LogP contribution in [0.3, 0.4) is 0 Å². The van der Waals surface area contributed by atoms with Gasteiger partial charge in [0, 0.05) is 0 Å². The SMILES string of the molecule is CC.CC.Cc1c(C(C)(C)C)ccc2ccccc12. The van der Waals surface area contributed by atoms with Crippen LogP contribution in [0.5, 0.6) is 0 Å². The Balaban J connectivity index is 0.000000741. The van der Waals surface area contributed by atoms with E-state index in [-0.39, 0.29) is 5.41 Å². The quantitative estimate of drug-likeness (QED) is 0.506. The maximum Gasteiger partial charge on any atom is -0.0129 e. The molecule has 0 aliphatic carbocycles. The van der Waals surface area contributed by atoms with Gasteiger partial charge >= 0.3 is 0 Å². The maximum absolute atomic E-state index is 2.27. The van der Waals surface area contributed by atoms with E-state index in [0.29, 0.717) is 0 Å². The van der Waals surface area contributed by atoms with Crippen molar-refractivity contribution < 1.29 is 0 Å². The first-order chi connectivity index (χ1) is 9.00. The van der Waals surface area contributed by atoms with Gasteiger partial charge in [0.1, 0.15) is 0 Å². The number of fused-ring (bicyclic) bond motifs is 1. The molecule has 0 spiro atoms. The van der Waals surface area contributed by atoms with E-state index < -0.39 is 0 Å². The minimum atomic E-state index is 0.230. The summed E-state index contributed by atoms with van der Waals surface area (Å²) in [5, 5.41) is 2.72. The zero-order valence-corrected chi connectivity index (χ0v) is 14.0. The highest BCUT2D eigenvalue weighted by molar-refractivity contribution is 5.86. The molecule has 0 saturated heterocycles. The maximum atomic E-state index is 2.27. The lowest BCUT2D eigenvalue weighted by molar-refractivity contribution is 0.587. The van der Waals surface area contributed by atoms with Crippen LogP contribution >= 0.6 is 0 Å². The fourth-order valence-electron chi connectivity index (χ4n) is 2.24. The average Bonchev–Trinajstić information content (AvgIpc) is 2.42. The van der Waals surface area contributed by atoms with Crippen LogP contribution in [0, 0.1) is 6.92 Å². The van der Waals surface area contributed by atoms with Crippen LogP contribution in [0.2, 0.25) is 0 Å². The van der Waals surface area contributed by atoms with Crippen molar-refractivity contribution in [3.63, 3.8) is 0 Å². The number of aryl methyl sites for hydroxylation is 1. The molecule has 0 radical (unpaired) electrons. The van der Waals surface area contributed by atoms with E-state index in [1.54, 1.807) is 0 Å². The molecule has 0 heterocycles. The molecular weight excluding hydrogens is 228 g/mol. The van der Waals surface area contributed by atoms with Crippen LogP contribution in [-0.2, 0) is 5.41 Å². The lowest BCUT2D eigenvalue weighted by atomic mass is 9.82. The topological polar surface area (TPSA) is 0 Å². The molecule has 0 atom stereocenters. The molecule has 0 heteroatoms. The average molecular weight is 258 g/mol. The van der Waals surface area contributed by atoms with Gasteiger partial charge in [-0.1, -0.05) is 84.9 Å². The van der Waals surface area contributed by atoms with Crippen molar-refractivity contribution in [3.8, 4) is 0 Å². The number of hydrogen-bond acceptors (Lipinski definition) is 0. The van der Waals surface area contributed by atoms with Crippen LogP contribution < -0.4 is 0 Å². The monoisotopic (exact) mass is 258 g/mol. The normalized spacial score (nSPS) is 10.1. The molecule has 0 saturated carbocycles. The summed E-state index contributed by atoms with van der Waals surface area (Å²) in [6.45, 7) is 17.0. The summed E-state index contributed by atoms with van der Waals surface area (Å²) < 4.78 is 0. The molecular formula is C19H30. The van der Waals surface area contributed by atoms with E-state index in [1.807, 2.05) is 27.7 Å². The lowest BCUT2D eigenvalue weighted by Crippen LogP contribution is -2.12. The highest BCUT2D eigenvalue weighted by atomic mass is 14.2. The molecule has 0 unspecified atom stereocenters. The van der Waals surface area contributed by atoms with E-state index in [4.69, 9.17) is 0 Å². The highest BCUT2D eigenvalue weighted by Crippen LogP contribution is 2.30. The molecule has 19 heavy (non-hydrogen) atoms. The molecule has 0 fully saturated rings. The van der Waals surface area contributed by atoms with Gasteiger partial charge in [0.05, 0.1) is 0 Å². The predicted octanol–water partition coefficient (Wildman–Crippen LogP) is 6.50. The van der Waals surface area contributed by atoms with Gasteiger partial charge in [0.2, 0.25) is 0 Å². The summed E-state index contributed by atoms with van der Waals surface area (Å²) in [7, 11) is 0. The standard InChI is InChI=1S/C15H18.2C2H6/c1-11-13-8-6-5-7-12(13)9-10-14(11)15(2,3)4;2*1-2/h5-10H,1-4H3;2*1-2H3. The molecule has 0 N–H and O–H groups in total. The first-order valence-corrected chi connectivity index (χ1v) is 7.49. The zero-order chi connectivity index (χ0) is 15.1. The van der Waals surface area contributed by atoms with Gasteiger partial charge in [-0.25, -0.2) is 0 Å². The van der Waals surface area contributed by atoms with Crippen molar-refractivity contribution in [3.05, 3.63) is 47.5 Å². The molecule has 0 aliphatic rings. The van der Waals surface area contributed by atoms with Gasteiger partial charge in [0.25, 0.3) is 0 Å². The fraction of sp³-hybridized carbons (Fsp3) is 0.474. The summed E-state index contributed by atoms with van der Waals surface area (Å²) in [6, 6.07) is 13.1. The van der Waals surface area contributed by atoms with Crippen molar-refractivity contribution >= 4 is 10.8 Å². The molecule has 0 aromatic heterocycles. The van der Waals surface area contributed by atoms with Crippen molar-refractivity contribution in [2.24, 2.45) is 0 Å². The third-order valence-electron chi connectivity index (χ3n) is 3.01. The summed E-state index contributed by atoms with van der Waals surface area (Å²) in [4.78, 5) is 0. The van der Waals surface area contributed by atoms with E-state index in [0.717, 1.165) is 0 Å². The minimum absolute atomic E-state index is 0.230. The van der Waals surface area contributed by atoms with Crippen LogP contribution in [0.25, 0.3) is 10.8 Å². The Hall–Kier alpha value is -1.30. The van der Waals surface area contributed by atoms with Crippen molar-refractivity contribution in [1.29, 1.82) is 0 Å². The Bertz CT molecular complexity index is 487. The molecule has 106 valence electrons. The van der Waals surface area contributed by atoms with Crippen molar-refractivity contribution in [1.82, 2.24) is 0 Å². The molecule has 0 bridgehead atoms. The van der Waals surface area contributed by atoms with E-state index in [9.17, 15) is 0 Å². The van der Waals surface area contributed by atoms with Gasteiger partial charge in [0.15, 0.2) is 0 Å². The van der Waals surface area contributed by atoms with Crippen molar-refractivity contribution in [2.45, 2.75) is 60.8 Å². The second-order valence-electron chi connectivity index (χ2n) is 5.21. The lowest BCUT2D eigenvalue weighted by Gasteiger charge is -2.22. The first-order valence-electron chi connectivity index (χ1n) is 7.49. The predicted molar refractivity (Wildman–Crippen MR) is 90.1 cm³/mol.